The molecule has 162 valence electrons. The molecule has 1 atom stereocenters. The van der Waals surface area contributed by atoms with Crippen LogP contribution in [0, 0.1) is 18.7 Å². The van der Waals surface area contributed by atoms with Crippen molar-refractivity contribution in [2.75, 3.05) is 32.7 Å². The minimum absolute atomic E-state index is 0.0410. The van der Waals surface area contributed by atoms with E-state index in [1.54, 1.807) is 19.1 Å². The summed E-state index contributed by atoms with van der Waals surface area (Å²) in [4.78, 5) is 22.0. The van der Waals surface area contributed by atoms with E-state index < -0.39 is 0 Å². The molecule has 2 aliphatic heterocycles. The predicted molar refractivity (Wildman–Crippen MR) is 118 cm³/mol. The molecular formula is C25H28FN3O2. The highest BCUT2D eigenvalue weighted by molar-refractivity contribution is 6.04. The van der Waals surface area contributed by atoms with E-state index in [0.717, 1.165) is 57.5 Å². The molecule has 2 aliphatic rings. The van der Waals surface area contributed by atoms with Crippen LogP contribution in [0.3, 0.4) is 0 Å². The van der Waals surface area contributed by atoms with Gasteiger partial charge in [-0.15, -0.1) is 0 Å². The summed E-state index contributed by atoms with van der Waals surface area (Å²) in [6, 6.07) is 12.6. The number of carbonyl (C=O) groups excluding carboxylic acids is 1. The molecule has 2 aromatic carbocycles. The van der Waals surface area contributed by atoms with Gasteiger partial charge in [0.05, 0.1) is 5.56 Å². The summed E-state index contributed by atoms with van der Waals surface area (Å²) < 4.78 is 18.9. The Morgan fingerprint density at radius 2 is 1.87 bits per heavy atom. The lowest BCUT2D eigenvalue weighted by Crippen LogP contribution is -2.37. The predicted octanol–water partition coefficient (Wildman–Crippen LogP) is 4.62. The molecule has 0 bridgehead atoms. The van der Waals surface area contributed by atoms with E-state index in [4.69, 9.17) is 4.42 Å². The lowest BCUT2D eigenvalue weighted by molar-refractivity contribution is 0.0782. The summed E-state index contributed by atoms with van der Waals surface area (Å²) in [6.07, 6.45) is 3.25. The van der Waals surface area contributed by atoms with E-state index in [1.165, 1.54) is 5.56 Å². The number of halogens is 1. The monoisotopic (exact) mass is 421 g/mol. The van der Waals surface area contributed by atoms with Crippen molar-refractivity contribution in [2.24, 2.45) is 5.92 Å². The van der Waals surface area contributed by atoms with Gasteiger partial charge in [0.2, 0.25) is 0 Å². The SMILES string of the molecule is Cc1nc2cccc(C(=O)N3CC[C@H](CN4CCC(c5ccc(F)cc5)CC4)C3)c2o1. The van der Waals surface area contributed by atoms with Crippen LogP contribution in [0.15, 0.2) is 46.9 Å². The van der Waals surface area contributed by atoms with Crippen LogP contribution in [0.2, 0.25) is 0 Å². The number of benzene rings is 2. The normalized spacial score (nSPS) is 20.6. The van der Waals surface area contributed by atoms with Gasteiger partial charge in [-0.2, -0.15) is 0 Å². The van der Waals surface area contributed by atoms with Crippen molar-refractivity contribution in [1.82, 2.24) is 14.8 Å². The Morgan fingerprint density at radius 1 is 1.10 bits per heavy atom. The molecule has 6 heteroatoms. The van der Waals surface area contributed by atoms with Crippen LogP contribution in [0.1, 0.15) is 47.0 Å². The quantitative estimate of drug-likeness (QED) is 0.617. The number of carbonyl (C=O) groups is 1. The summed E-state index contributed by atoms with van der Waals surface area (Å²) in [5, 5.41) is 0. The molecule has 0 unspecified atom stereocenters. The Labute approximate surface area is 181 Å². The molecule has 3 aromatic rings. The molecule has 5 nitrogen and oxygen atoms in total. The van der Waals surface area contributed by atoms with Gasteiger partial charge in [-0.3, -0.25) is 4.79 Å². The van der Waals surface area contributed by atoms with E-state index in [9.17, 15) is 9.18 Å². The van der Waals surface area contributed by atoms with Crippen LogP contribution in [0.4, 0.5) is 4.39 Å². The molecule has 2 saturated heterocycles. The van der Waals surface area contributed by atoms with E-state index >= 15 is 0 Å². The minimum atomic E-state index is -0.170. The van der Waals surface area contributed by atoms with Crippen LogP contribution in [-0.2, 0) is 0 Å². The number of piperidine rings is 1. The van der Waals surface area contributed by atoms with Gasteiger partial charge in [-0.1, -0.05) is 18.2 Å². The fourth-order valence-electron chi connectivity index (χ4n) is 5.11. The Hall–Kier alpha value is -2.73. The number of para-hydroxylation sites is 1. The second-order valence-electron chi connectivity index (χ2n) is 8.92. The van der Waals surface area contributed by atoms with Crippen LogP contribution >= 0.6 is 0 Å². The summed E-state index contributed by atoms with van der Waals surface area (Å²) in [5.41, 5.74) is 3.19. The first-order chi connectivity index (χ1) is 15.1. The van der Waals surface area contributed by atoms with Crippen molar-refractivity contribution in [2.45, 2.75) is 32.1 Å². The molecule has 5 rings (SSSR count). The number of hydrogen-bond acceptors (Lipinski definition) is 4. The molecule has 0 radical (unpaired) electrons. The van der Waals surface area contributed by atoms with Crippen molar-refractivity contribution in [3.05, 3.63) is 65.3 Å². The number of amides is 1. The number of rotatable bonds is 4. The van der Waals surface area contributed by atoms with Gasteiger partial charge in [0.25, 0.3) is 5.91 Å². The maximum Gasteiger partial charge on any atom is 0.257 e. The average molecular weight is 422 g/mol. The largest absolute Gasteiger partial charge is 0.440 e. The second-order valence-corrected chi connectivity index (χ2v) is 8.92. The zero-order valence-corrected chi connectivity index (χ0v) is 17.9. The van der Waals surface area contributed by atoms with E-state index in [-0.39, 0.29) is 11.7 Å². The topological polar surface area (TPSA) is 49.6 Å². The Balaban J connectivity index is 1.16. The average Bonchev–Trinajstić information content (AvgIpc) is 3.40. The van der Waals surface area contributed by atoms with Gasteiger partial charge in [0.1, 0.15) is 11.3 Å². The highest BCUT2D eigenvalue weighted by atomic mass is 19.1. The number of aromatic nitrogens is 1. The molecule has 2 fully saturated rings. The third-order valence-electron chi connectivity index (χ3n) is 6.77. The van der Waals surface area contributed by atoms with Gasteiger partial charge in [0, 0.05) is 26.6 Å². The molecule has 1 aromatic heterocycles. The van der Waals surface area contributed by atoms with Crippen molar-refractivity contribution in [3.63, 3.8) is 0 Å². The summed E-state index contributed by atoms with van der Waals surface area (Å²) in [7, 11) is 0. The Bertz CT molecular complexity index is 1070. The molecule has 3 heterocycles. The standard InChI is InChI=1S/C25H28FN3O2/c1-17-27-23-4-2-3-22(24(23)31-17)25(30)29-14-9-18(16-29)15-28-12-10-20(11-13-28)19-5-7-21(26)8-6-19/h2-8,18,20H,9-16H2,1H3/t18-/m1/s1. The lowest BCUT2D eigenvalue weighted by atomic mass is 9.89. The number of hydrogen-bond donors (Lipinski definition) is 0. The summed E-state index contributed by atoms with van der Waals surface area (Å²) >= 11 is 0. The van der Waals surface area contributed by atoms with Crippen LogP contribution < -0.4 is 0 Å². The van der Waals surface area contributed by atoms with Crippen molar-refractivity contribution in [3.8, 4) is 0 Å². The molecule has 0 spiro atoms. The van der Waals surface area contributed by atoms with Gasteiger partial charge >= 0.3 is 0 Å². The number of fused-ring (bicyclic) bond motifs is 1. The Morgan fingerprint density at radius 3 is 2.65 bits per heavy atom. The summed E-state index contributed by atoms with van der Waals surface area (Å²) in [5.74, 6) is 1.47. The molecular weight excluding hydrogens is 393 g/mol. The second kappa shape index (κ2) is 8.42. The molecule has 0 saturated carbocycles. The van der Waals surface area contributed by atoms with Crippen molar-refractivity contribution < 1.29 is 13.6 Å². The van der Waals surface area contributed by atoms with Gasteiger partial charge in [-0.25, -0.2) is 9.37 Å². The number of oxazole rings is 1. The first kappa shape index (κ1) is 20.2. The number of aryl methyl sites for hydroxylation is 1. The molecule has 0 N–H and O–H groups in total. The highest BCUT2D eigenvalue weighted by Gasteiger charge is 2.31. The lowest BCUT2D eigenvalue weighted by Gasteiger charge is -2.33. The van der Waals surface area contributed by atoms with Gasteiger partial charge < -0.3 is 14.2 Å². The zero-order valence-electron chi connectivity index (χ0n) is 17.9. The highest BCUT2D eigenvalue weighted by Crippen LogP contribution is 2.30. The van der Waals surface area contributed by atoms with Crippen LogP contribution in [-0.4, -0.2) is 53.4 Å². The third kappa shape index (κ3) is 4.22. The molecule has 0 aliphatic carbocycles. The Kier molecular flexibility index (Phi) is 5.48. The fourth-order valence-corrected chi connectivity index (χ4v) is 5.11. The first-order valence-corrected chi connectivity index (χ1v) is 11.2. The van der Waals surface area contributed by atoms with Crippen molar-refractivity contribution in [1.29, 1.82) is 0 Å². The fraction of sp³-hybridized carbons (Fsp3) is 0.440. The van der Waals surface area contributed by atoms with Crippen molar-refractivity contribution >= 4 is 17.0 Å². The smallest absolute Gasteiger partial charge is 0.257 e. The maximum absolute atomic E-state index is 13.2. The van der Waals surface area contributed by atoms with Crippen LogP contribution in [0.5, 0.6) is 0 Å². The minimum Gasteiger partial charge on any atom is -0.440 e. The number of nitrogens with zero attached hydrogens (tertiary/aromatic N) is 3. The number of likely N-dealkylation sites (tertiary alicyclic amines) is 2. The third-order valence-corrected chi connectivity index (χ3v) is 6.77. The van der Waals surface area contributed by atoms with Gasteiger partial charge in [-0.05, 0) is 74.0 Å². The first-order valence-electron chi connectivity index (χ1n) is 11.2. The molecule has 1 amide bonds. The van der Waals surface area contributed by atoms with E-state index in [2.05, 4.69) is 9.88 Å². The molecule has 31 heavy (non-hydrogen) atoms. The van der Waals surface area contributed by atoms with Gasteiger partial charge in [0.15, 0.2) is 11.5 Å². The van der Waals surface area contributed by atoms with E-state index in [0.29, 0.717) is 28.9 Å². The zero-order chi connectivity index (χ0) is 21.4. The maximum atomic E-state index is 13.2. The summed E-state index contributed by atoms with van der Waals surface area (Å²) in [6.45, 7) is 6.54. The van der Waals surface area contributed by atoms with Crippen LogP contribution in [0.25, 0.3) is 11.1 Å². The van der Waals surface area contributed by atoms with E-state index in [1.807, 2.05) is 35.2 Å².